The minimum absolute atomic E-state index is 0.144. The number of hydrogen-bond donors (Lipinski definition) is 1. The summed E-state index contributed by atoms with van der Waals surface area (Å²) in [5.74, 6) is -0.488. The molecule has 0 radical (unpaired) electrons. The zero-order chi connectivity index (χ0) is 18.8. The molecule has 0 atom stereocenters. The summed E-state index contributed by atoms with van der Waals surface area (Å²) in [4.78, 5) is 12.3. The van der Waals surface area contributed by atoms with Crippen molar-refractivity contribution in [1.29, 1.82) is 0 Å². The highest BCUT2D eigenvalue weighted by Crippen LogP contribution is 2.30. The Labute approximate surface area is 165 Å². The highest BCUT2D eigenvalue weighted by Gasteiger charge is 2.23. The van der Waals surface area contributed by atoms with Crippen LogP contribution in [-0.4, -0.2) is 27.1 Å². The lowest BCUT2D eigenvalue weighted by molar-refractivity contribution is -0.114. The number of rotatable bonds is 5. The van der Waals surface area contributed by atoms with Crippen LogP contribution in [0.1, 0.15) is 5.56 Å². The Bertz CT molecular complexity index is 920. The molecule has 9 heteroatoms. The molecule has 5 nitrogen and oxygen atoms in total. The van der Waals surface area contributed by atoms with Crippen LogP contribution < -0.4 is 9.62 Å². The largest absolute Gasteiger partial charge is 0.325 e. The lowest BCUT2D eigenvalue weighted by Crippen LogP contribution is -2.37. The van der Waals surface area contributed by atoms with Crippen LogP contribution in [0.25, 0.3) is 0 Å². The van der Waals surface area contributed by atoms with E-state index in [2.05, 4.69) is 21.2 Å². The molecule has 25 heavy (non-hydrogen) atoms. The molecule has 0 unspecified atom stereocenters. The molecule has 134 valence electrons. The van der Waals surface area contributed by atoms with E-state index in [1.807, 2.05) is 6.92 Å². The number of aryl methyl sites for hydroxylation is 1. The van der Waals surface area contributed by atoms with Gasteiger partial charge in [0.15, 0.2) is 0 Å². The Morgan fingerprint density at radius 1 is 1.20 bits per heavy atom. The summed E-state index contributed by atoms with van der Waals surface area (Å²) in [5, 5.41) is 3.19. The molecule has 0 bridgehead atoms. The maximum absolute atomic E-state index is 12.3. The average Bonchev–Trinajstić information content (AvgIpc) is 2.48. The van der Waals surface area contributed by atoms with Gasteiger partial charge in [-0.1, -0.05) is 39.1 Å². The molecule has 2 rings (SSSR count). The minimum atomic E-state index is -3.72. The van der Waals surface area contributed by atoms with Gasteiger partial charge in [-0.25, -0.2) is 8.42 Å². The van der Waals surface area contributed by atoms with Gasteiger partial charge in [-0.05, 0) is 48.9 Å². The number of amides is 1. The van der Waals surface area contributed by atoms with Crippen molar-refractivity contribution in [3.05, 3.63) is 56.5 Å². The third-order valence-corrected chi connectivity index (χ3v) is 5.86. The number of hydrogen-bond acceptors (Lipinski definition) is 3. The van der Waals surface area contributed by atoms with Crippen molar-refractivity contribution in [3.63, 3.8) is 0 Å². The van der Waals surface area contributed by atoms with Crippen LogP contribution in [-0.2, 0) is 14.8 Å². The molecule has 2 aromatic carbocycles. The number of carbonyl (C=O) groups is 1. The molecular formula is C16H15BrCl2N2O3S. The molecule has 0 heterocycles. The van der Waals surface area contributed by atoms with E-state index in [0.29, 0.717) is 10.7 Å². The van der Waals surface area contributed by atoms with Gasteiger partial charge >= 0.3 is 0 Å². The molecule has 1 N–H and O–H groups in total. The monoisotopic (exact) mass is 464 g/mol. The van der Waals surface area contributed by atoms with Gasteiger partial charge in [0.05, 0.1) is 17.0 Å². The van der Waals surface area contributed by atoms with Crippen molar-refractivity contribution < 1.29 is 13.2 Å². The first-order chi connectivity index (χ1) is 11.6. The first-order valence-electron chi connectivity index (χ1n) is 7.06. The maximum Gasteiger partial charge on any atom is 0.245 e. The summed E-state index contributed by atoms with van der Waals surface area (Å²) in [6.07, 6.45) is 1.01. The van der Waals surface area contributed by atoms with Crippen LogP contribution in [0.15, 0.2) is 40.9 Å². The number of anilines is 2. The van der Waals surface area contributed by atoms with Gasteiger partial charge in [-0.2, -0.15) is 0 Å². The Hall–Kier alpha value is -1.28. The number of carbonyl (C=O) groups excluding carboxylic acids is 1. The Kier molecular flexibility index (Phi) is 6.37. The molecule has 0 aromatic heterocycles. The third-order valence-electron chi connectivity index (χ3n) is 3.31. The first kappa shape index (κ1) is 20.0. The fraction of sp³-hybridized carbons (Fsp3) is 0.188. The zero-order valence-electron chi connectivity index (χ0n) is 13.4. The second-order valence-corrected chi connectivity index (χ2v) is 8.98. The quantitative estimate of drug-likeness (QED) is 0.708. The van der Waals surface area contributed by atoms with Gasteiger partial charge in [-0.3, -0.25) is 9.10 Å². The average molecular weight is 466 g/mol. The van der Waals surface area contributed by atoms with Crippen LogP contribution in [0.3, 0.4) is 0 Å². The maximum atomic E-state index is 12.3. The molecule has 0 fully saturated rings. The molecule has 0 saturated carbocycles. The lowest BCUT2D eigenvalue weighted by Gasteiger charge is -2.23. The zero-order valence-corrected chi connectivity index (χ0v) is 17.3. The van der Waals surface area contributed by atoms with Crippen LogP contribution in [0.4, 0.5) is 11.4 Å². The lowest BCUT2D eigenvalue weighted by atomic mass is 10.2. The van der Waals surface area contributed by atoms with Gasteiger partial charge in [0.25, 0.3) is 0 Å². The summed E-state index contributed by atoms with van der Waals surface area (Å²) in [7, 11) is -3.72. The molecule has 0 aliphatic heterocycles. The molecular weight excluding hydrogens is 451 g/mol. The Morgan fingerprint density at radius 3 is 2.44 bits per heavy atom. The van der Waals surface area contributed by atoms with Crippen molar-refractivity contribution in [1.82, 2.24) is 0 Å². The van der Waals surface area contributed by atoms with Crippen LogP contribution in [0, 0.1) is 6.92 Å². The predicted octanol–water partition coefficient (Wildman–Crippen LogP) is 4.47. The highest BCUT2D eigenvalue weighted by atomic mass is 79.9. The van der Waals surface area contributed by atoms with Gasteiger partial charge in [0.2, 0.25) is 15.9 Å². The summed E-state index contributed by atoms with van der Waals surface area (Å²) in [6, 6.07) is 9.69. The topological polar surface area (TPSA) is 66.5 Å². The van der Waals surface area contributed by atoms with Crippen molar-refractivity contribution in [2.45, 2.75) is 6.92 Å². The van der Waals surface area contributed by atoms with E-state index in [9.17, 15) is 13.2 Å². The Balaban J connectivity index is 2.25. The third kappa shape index (κ3) is 5.34. The SMILES string of the molecule is Cc1cc(NC(=O)CN(c2ccc(Cl)cc2Cl)S(C)(=O)=O)ccc1Br. The van der Waals surface area contributed by atoms with Crippen molar-refractivity contribution >= 4 is 66.4 Å². The van der Waals surface area contributed by atoms with E-state index in [1.165, 1.54) is 18.2 Å². The summed E-state index contributed by atoms with van der Waals surface area (Å²) in [6.45, 7) is 1.48. The number of halogens is 3. The minimum Gasteiger partial charge on any atom is -0.325 e. The fourth-order valence-electron chi connectivity index (χ4n) is 2.12. The molecule has 0 aliphatic carbocycles. The molecule has 1 amide bonds. The predicted molar refractivity (Wildman–Crippen MR) is 106 cm³/mol. The molecule has 2 aromatic rings. The van der Waals surface area contributed by atoms with Crippen molar-refractivity contribution in [2.24, 2.45) is 0 Å². The van der Waals surface area contributed by atoms with Gasteiger partial charge in [0.1, 0.15) is 6.54 Å². The van der Waals surface area contributed by atoms with Crippen LogP contribution in [0.2, 0.25) is 10.0 Å². The van der Waals surface area contributed by atoms with E-state index < -0.39 is 22.5 Å². The van der Waals surface area contributed by atoms with Gasteiger partial charge in [-0.15, -0.1) is 0 Å². The number of benzene rings is 2. The summed E-state index contributed by atoms with van der Waals surface area (Å²) in [5.41, 5.74) is 1.70. The second-order valence-electron chi connectivity index (χ2n) is 5.38. The highest BCUT2D eigenvalue weighted by molar-refractivity contribution is 9.10. The first-order valence-corrected chi connectivity index (χ1v) is 10.5. The molecule has 0 aliphatic rings. The van der Waals surface area contributed by atoms with Gasteiger partial charge in [0, 0.05) is 15.2 Å². The summed E-state index contributed by atoms with van der Waals surface area (Å²) >= 11 is 15.3. The second kappa shape index (κ2) is 7.95. The van der Waals surface area contributed by atoms with Crippen molar-refractivity contribution in [2.75, 3.05) is 22.4 Å². The smallest absolute Gasteiger partial charge is 0.245 e. The van der Waals surface area contributed by atoms with E-state index in [0.717, 1.165) is 20.6 Å². The van der Waals surface area contributed by atoms with E-state index in [1.54, 1.807) is 18.2 Å². The standard InChI is InChI=1S/C16H15BrCl2N2O3S/c1-10-7-12(4-5-13(10)17)20-16(22)9-21(25(2,23)24)15-6-3-11(18)8-14(15)19/h3-8H,9H2,1-2H3,(H,20,22). The van der Waals surface area contributed by atoms with E-state index in [4.69, 9.17) is 23.2 Å². The fourth-order valence-corrected chi connectivity index (χ4v) is 3.79. The number of nitrogens with zero attached hydrogens (tertiary/aromatic N) is 1. The van der Waals surface area contributed by atoms with Gasteiger partial charge < -0.3 is 5.32 Å². The van der Waals surface area contributed by atoms with Crippen LogP contribution >= 0.6 is 39.1 Å². The molecule has 0 spiro atoms. The Morgan fingerprint density at radius 2 is 1.88 bits per heavy atom. The number of sulfonamides is 1. The van der Waals surface area contributed by atoms with Crippen molar-refractivity contribution in [3.8, 4) is 0 Å². The molecule has 0 saturated heterocycles. The van der Waals surface area contributed by atoms with Crippen LogP contribution in [0.5, 0.6) is 0 Å². The number of nitrogens with one attached hydrogen (secondary N) is 1. The van der Waals surface area contributed by atoms with E-state index >= 15 is 0 Å². The van der Waals surface area contributed by atoms with E-state index in [-0.39, 0.29) is 10.7 Å². The normalized spacial score (nSPS) is 11.2. The summed E-state index contributed by atoms with van der Waals surface area (Å²) < 4.78 is 26.1.